The zero-order chi connectivity index (χ0) is 25.0. The molecule has 0 spiro atoms. The molecule has 180 valence electrons. The Bertz CT molecular complexity index is 1420. The lowest BCUT2D eigenvalue weighted by Gasteiger charge is -2.19. The van der Waals surface area contributed by atoms with Gasteiger partial charge < -0.3 is 4.42 Å². The lowest BCUT2D eigenvalue weighted by molar-refractivity contribution is 0.102. The van der Waals surface area contributed by atoms with Crippen LogP contribution in [0.5, 0.6) is 0 Å². The van der Waals surface area contributed by atoms with Crippen LogP contribution >= 0.6 is 11.8 Å². The average Bonchev–Trinajstić information content (AvgIpc) is 3.32. The predicted molar refractivity (Wildman–Crippen MR) is 137 cm³/mol. The van der Waals surface area contributed by atoms with Gasteiger partial charge in [-0.25, -0.2) is 8.42 Å². The molecule has 1 amide bonds. The number of anilines is 2. The van der Waals surface area contributed by atoms with Crippen molar-refractivity contribution in [3.8, 4) is 11.5 Å². The van der Waals surface area contributed by atoms with E-state index in [2.05, 4.69) is 29.4 Å². The van der Waals surface area contributed by atoms with E-state index in [0.29, 0.717) is 10.9 Å². The Morgan fingerprint density at radius 3 is 2.37 bits per heavy atom. The molecule has 0 aliphatic rings. The highest BCUT2D eigenvalue weighted by atomic mass is 32.2. The van der Waals surface area contributed by atoms with Crippen LogP contribution in [0.1, 0.15) is 24.2 Å². The van der Waals surface area contributed by atoms with Gasteiger partial charge in [-0.3, -0.25) is 14.4 Å². The molecule has 1 heterocycles. The Morgan fingerprint density at radius 2 is 1.69 bits per heavy atom. The van der Waals surface area contributed by atoms with E-state index in [9.17, 15) is 13.2 Å². The molecule has 0 bridgehead atoms. The molecule has 3 aromatic carbocycles. The van der Waals surface area contributed by atoms with Gasteiger partial charge in [0.15, 0.2) is 0 Å². The van der Waals surface area contributed by atoms with Gasteiger partial charge in [0.1, 0.15) is 0 Å². The van der Waals surface area contributed by atoms with Gasteiger partial charge in [-0.15, -0.1) is 16.9 Å². The van der Waals surface area contributed by atoms with E-state index in [0.717, 1.165) is 10.5 Å². The zero-order valence-electron chi connectivity index (χ0n) is 19.4. The van der Waals surface area contributed by atoms with Crippen LogP contribution in [0.15, 0.2) is 93.1 Å². The average molecular weight is 509 g/mol. The molecule has 0 fully saturated rings. The van der Waals surface area contributed by atoms with Crippen molar-refractivity contribution >= 4 is 39.4 Å². The van der Waals surface area contributed by atoms with Crippen LogP contribution in [0.2, 0.25) is 0 Å². The summed E-state index contributed by atoms with van der Waals surface area (Å²) < 4.78 is 32.6. The second kappa shape index (κ2) is 10.3. The minimum atomic E-state index is -3.77. The van der Waals surface area contributed by atoms with E-state index in [-0.39, 0.29) is 22.4 Å². The van der Waals surface area contributed by atoms with Crippen molar-refractivity contribution in [2.24, 2.45) is 0 Å². The summed E-state index contributed by atoms with van der Waals surface area (Å²) in [6.45, 7) is 4.22. The molecular formula is C25H24N4O4S2. The summed E-state index contributed by atoms with van der Waals surface area (Å²) in [5.74, 6) is -0.207. The molecule has 4 rings (SSSR count). The highest BCUT2D eigenvalue weighted by Gasteiger charge is 2.22. The standard InChI is InChI=1S/C25H24N4O4S2/c1-17(2)34-21-11-7-8-19(16-21)24-27-28-25(33-24)26-23(30)18-12-14-22(15-13-18)35(31,32)29(3)20-9-5-4-6-10-20/h4-17H,1-3H3,(H,26,28,30). The molecule has 4 aromatic rings. The molecule has 0 aliphatic heterocycles. The first-order valence-corrected chi connectivity index (χ1v) is 13.1. The van der Waals surface area contributed by atoms with Gasteiger partial charge in [0.25, 0.3) is 15.9 Å². The fourth-order valence-electron chi connectivity index (χ4n) is 3.25. The number of benzene rings is 3. The molecule has 0 aliphatic carbocycles. The number of carbonyl (C=O) groups excluding carboxylic acids is 1. The maximum absolute atomic E-state index is 12.9. The van der Waals surface area contributed by atoms with Gasteiger partial charge in [-0.2, -0.15) is 0 Å². The lowest BCUT2D eigenvalue weighted by Crippen LogP contribution is -2.26. The second-order valence-electron chi connectivity index (χ2n) is 7.89. The largest absolute Gasteiger partial charge is 0.403 e. The number of nitrogens with one attached hydrogen (secondary N) is 1. The number of rotatable bonds is 8. The van der Waals surface area contributed by atoms with Crippen LogP contribution in [0.3, 0.4) is 0 Å². The summed E-state index contributed by atoms with van der Waals surface area (Å²) in [6.07, 6.45) is 0. The van der Waals surface area contributed by atoms with E-state index < -0.39 is 15.9 Å². The van der Waals surface area contributed by atoms with Crippen molar-refractivity contribution in [3.63, 3.8) is 0 Å². The maximum atomic E-state index is 12.9. The van der Waals surface area contributed by atoms with Gasteiger partial charge in [0.05, 0.1) is 10.6 Å². The summed E-state index contributed by atoms with van der Waals surface area (Å²) in [4.78, 5) is 13.8. The lowest BCUT2D eigenvalue weighted by atomic mass is 10.2. The number of aromatic nitrogens is 2. The normalized spacial score (nSPS) is 11.4. The Labute approximate surface area is 208 Å². The number of thioether (sulfide) groups is 1. The first-order valence-electron chi connectivity index (χ1n) is 10.8. The van der Waals surface area contributed by atoms with Crippen molar-refractivity contribution in [1.29, 1.82) is 0 Å². The van der Waals surface area contributed by atoms with Gasteiger partial charge in [-0.1, -0.05) is 43.2 Å². The quantitative estimate of drug-likeness (QED) is 0.321. The Balaban J connectivity index is 1.46. The van der Waals surface area contributed by atoms with E-state index in [4.69, 9.17) is 4.42 Å². The first-order chi connectivity index (χ1) is 16.7. The predicted octanol–water partition coefficient (Wildman–Crippen LogP) is 5.31. The maximum Gasteiger partial charge on any atom is 0.322 e. The SMILES string of the molecule is CC(C)Sc1cccc(-c2nnc(NC(=O)c3ccc(S(=O)(=O)N(C)c4ccccc4)cc3)o2)c1. The summed E-state index contributed by atoms with van der Waals surface area (Å²) in [7, 11) is -2.29. The number of hydrogen-bond donors (Lipinski definition) is 1. The number of para-hydroxylation sites is 1. The van der Waals surface area contributed by atoms with E-state index >= 15 is 0 Å². The highest BCUT2D eigenvalue weighted by Crippen LogP contribution is 2.28. The molecule has 0 saturated heterocycles. The third-order valence-corrected chi connectivity index (χ3v) is 7.79. The molecule has 0 saturated carbocycles. The molecule has 0 atom stereocenters. The van der Waals surface area contributed by atoms with Crippen molar-refractivity contribution < 1.29 is 17.6 Å². The van der Waals surface area contributed by atoms with Crippen molar-refractivity contribution in [2.75, 3.05) is 16.7 Å². The molecule has 10 heteroatoms. The van der Waals surface area contributed by atoms with Gasteiger partial charge in [-0.05, 0) is 54.6 Å². The number of carbonyl (C=O) groups is 1. The summed E-state index contributed by atoms with van der Waals surface area (Å²) in [5, 5.41) is 10.9. The van der Waals surface area contributed by atoms with Crippen LogP contribution in [0, 0.1) is 0 Å². The Kier molecular flexibility index (Phi) is 7.23. The van der Waals surface area contributed by atoms with E-state index in [1.807, 2.05) is 30.3 Å². The number of nitrogens with zero attached hydrogens (tertiary/aromatic N) is 3. The third-order valence-electron chi connectivity index (χ3n) is 4.99. The molecular weight excluding hydrogens is 484 g/mol. The summed E-state index contributed by atoms with van der Waals surface area (Å²) >= 11 is 1.72. The van der Waals surface area contributed by atoms with Crippen molar-refractivity contribution in [1.82, 2.24) is 10.2 Å². The fraction of sp³-hybridized carbons (Fsp3) is 0.160. The summed E-state index contributed by atoms with van der Waals surface area (Å²) in [6, 6.07) is 22.1. The van der Waals surface area contributed by atoms with Gasteiger partial charge >= 0.3 is 6.01 Å². The van der Waals surface area contributed by atoms with E-state index in [1.54, 1.807) is 36.0 Å². The van der Waals surface area contributed by atoms with E-state index in [1.165, 1.54) is 35.6 Å². The first kappa shape index (κ1) is 24.5. The monoisotopic (exact) mass is 508 g/mol. The molecule has 35 heavy (non-hydrogen) atoms. The minimum absolute atomic E-state index is 0.0487. The molecule has 1 N–H and O–H groups in total. The number of sulfonamides is 1. The minimum Gasteiger partial charge on any atom is -0.403 e. The van der Waals surface area contributed by atoms with Crippen LogP contribution < -0.4 is 9.62 Å². The van der Waals surface area contributed by atoms with Crippen LogP contribution in [-0.2, 0) is 10.0 Å². The smallest absolute Gasteiger partial charge is 0.322 e. The van der Waals surface area contributed by atoms with Gasteiger partial charge in [0.2, 0.25) is 5.89 Å². The topological polar surface area (TPSA) is 105 Å². The summed E-state index contributed by atoms with van der Waals surface area (Å²) in [5.41, 5.74) is 1.54. The molecule has 1 aromatic heterocycles. The van der Waals surface area contributed by atoms with Gasteiger partial charge in [0, 0.05) is 28.3 Å². The third kappa shape index (κ3) is 5.72. The Morgan fingerprint density at radius 1 is 0.971 bits per heavy atom. The van der Waals surface area contributed by atoms with Crippen LogP contribution in [0.25, 0.3) is 11.5 Å². The van der Waals surface area contributed by atoms with Crippen LogP contribution in [-0.4, -0.2) is 36.8 Å². The second-order valence-corrected chi connectivity index (χ2v) is 11.5. The van der Waals surface area contributed by atoms with Crippen molar-refractivity contribution in [2.45, 2.75) is 28.9 Å². The fourth-order valence-corrected chi connectivity index (χ4v) is 5.34. The Hall–Kier alpha value is -3.63. The molecule has 0 unspecified atom stereocenters. The van der Waals surface area contributed by atoms with Crippen molar-refractivity contribution in [3.05, 3.63) is 84.4 Å². The van der Waals surface area contributed by atoms with Crippen LogP contribution in [0.4, 0.5) is 11.7 Å². The molecule has 0 radical (unpaired) electrons. The highest BCUT2D eigenvalue weighted by molar-refractivity contribution is 7.99. The zero-order valence-corrected chi connectivity index (χ0v) is 21.0. The number of amides is 1. The number of hydrogen-bond acceptors (Lipinski definition) is 7. The molecule has 8 nitrogen and oxygen atoms in total.